The largest absolute Gasteiger partial charge is 0.478 e. The zero-order valence-corrected chi connectivity index (χ0v) is 3.09. The van der Waals surface area contributed by atoms with E-state index in [-0.39, 0.29) is 0 Å². The second kappa shape index (κ2) is 2.26. The molecule has 0 atom stereocenters. The van der Waals surface area contributed by atoms with Crippen molar-refractivity contribution in [2.75, 3.05) is 0 Å². The van der Waals surface area contributed by atoms with Crippen LogP contribution in [0.3, 0.4) is 0 Å². The quantitative estimate of drug-likeness (QED) is 0.425. The van der Waals surface area contributed by atoms with Crippen LogP contribution < -0.4 is 5.73 Å². The van der Waals surface area contributed by atoms with Gasteiger partial charge >= 0.3 is 5.97 Å². The number of hydrogen-bond acceptors (Lipinski definition) is 2. The molecule has 3 heteroatoms. The van der Waals surface area contributed by atoms with Gasteiger partial charge in [0, 0.05) is 12.3 Å². The van der Waals surface area contributed by atoms with Crippen molar-refractivity contribution in [1.29, 1.82) is 0 Å². The van der Waals surface area contributed by atoms with E-state index in [1.807, 2.05) is 0 Å². The fourth-order valence-corrected chi connectivity index (χ4v) is 0.0823. The monoisotopic (exact) mass is 87.0 g/mol. The lowest BCUT2D eigenvalue weighted by atomic mass is 10.6. The van der Waals surface area contributed by atoms with Crippen molar-refractivity contribution in [2.24, 2.45) is 5.73 Å². The fourth-order valence-electron chi connectivity index (χ4n) is 0.0823. The Morgan fingerprint density at radius 2 is 2.33 bits per heavy atom. The van der Waals surface area contributed by atoms with Crippen LogP contribution >= 0.6 is 0 Å². The molecule has 6 heavy (non-hydrogen) atoms. The first-order chi connectivity index (χ1) is 2.77. The molecule has 0 aromatic carbocycles. The Morgan fingerprint density at radius 1 is 1.83 bits per heavy atom. The predicted molar refractivity (Wildman–Crippen MR) is 21.0 cm³/mol. The first kappa shape index (κ1) is 5.01. The van der Waals surface area contributed by atoms with Crippen molar-refractivity contribution < 1.29 is 9.90 Å². The van der Waals surface area contributed by atoms with E-state index in [2.05, 4.69) is 5.73 Å². The maximum Gasteiger partial charge on any atom is 0.329 e. The summed E-state index contributed by atoms with van der Waals surface area (Å²) in [5.74, 6) is -1.02. The van der Waals surface area contributed by atoms with E-state index in [1.165, 1.54) is 0 Å². The molecule has 0 fully saturated rings. The summed E-state index contributed by atoms with van der Waals surface area (Å²) in [6, 6.07) is 0. The molecular weight excluding hydrogens is 82.0 g/mol. The van der Waals surface area contributed by atoms with Gasteiger partial charge in [-0.15, -0.1) is 0 Å². The van der Waals surface area contributed by atoms with Gasteiger partial charge in [-0.1, -0.05) is 0 Å². The van der Waals surface area contributed by atoms with E-state index in [0.717, 1.165) is 12.3 Å². The number of hydrogen-bond donors (Lipinski definition) is 2. The van der Waals surface area contributed by atoms with Crippen molar-refractivity contribution >= 4 is 5.97 Å². The second-order valence-electron chi connectivity index (χ2n) is 0.697. The summed E-state index contributed by atoms with van der Waals surface area (Å²) in [4.78, 5) is 9.43. The highest BCUT2D eigenvalue weighted by molar-refractivity contribution is 5.79. The minimum atomic E-state index is -1.02. The fraction of sp³-hybridized carbons (Fsp3) is 0. The highest BCUT2D eigenvalue weighted by Crippen LogP contribution is 1.59. The Hall–Kier alpha value is -0.990. The molecule has 0 radical (unpaired) electrons. The number of nitrogens with two attached hydrogens (primary N) is 1. The number of aliphatic carboxylic acids is 1. The molecule has 0 aliphatic rings. The van der Waals surface area contributed by atoms with Gasteiger partial charge in [-0.05, 0) is 0 Å². The average molecular weight is 87.1 g/mol. The van der Waals surface area contributed by atoms with Gasteiger partial charge in [0.1, 0.15) is 0 Å². The van der Waals surface area contributed by atoms with Crippen LogP contribution in [0.5, 0.6) is 0 Å². The second-order valence-corrected chi connectivity index (χ2v) is 0.697. The van der Waals surface area contributed by atoms with Crippen LogP contribution in [0.2, 0.25) is 0 Å². The zero-order valence-electron chi connectivity index (χ0n) is 3.09. The zero-order chi connectivity index (χ0) is 4.99. The number of carbonyl (C=O) groups is 1. The molecule has 3 N–H and O–H groups in total. The van der Waals surface area contributed by atoms with Gasteiger partial charge < -0.3 is 10.8 Å². The molecule has 0 spiro atoms. The van der Waals surface area contributed by atoms with Crippen molar-refractivity contribution in [3.63, 3.8) is 0 Å². The minimum Gasteiger partial charge on any atom is -0.478 e. The molecule has 0 saturated carbocycles. The van der Waals surface area contributed by atoms with Crippen LogP contribution in [0.15, 0.2) is 12.3 Å². The topological polar surface area (TPSA) is 63.3 Å². The normalized spacial score (nSPS) is 9.33. The summed E-state index contributed by atoms with van der Waals surface area (Å²) in [5.41, 5.74) is 4.67. The molecule has 0 aromatic rings. The molecule has 0 aliphatic heterocycles. The van der Waals surface area contributed by atoms with E-state index in [9.17, 15) is 4.79 Å². The summed E-state index contributed by atoms with van der Waals surface area (Å²) in [6.45, 7) is 0. The Bertz CT molecular complexity index is 76.9. The van der Waals surface area contributed by atoms with Crippen molar-refractivity contribution in [2.45, 2.75) is 0 Å². The summed E-state index contributed by atoms with van der Waals surface area (Å²) < 4.78 is 0. The lowest BCUT2D eigenvalue weighted by Gasteiger charge is -1.69. The highest BCUT2D eigenvalue weighted by Gasteiger charge is 1.77. The van der Waals surface area contributed by atoms with Gasteiger partial charge in [0.25, 0.3) is 0 Å². The Labute approximate surface area is 35.1 Å². The molecule has 0 aromatic heterocycles. The van der Waals surface area contributed by atoms with E-state index in [0.29, 0.717) is 0 Å². The predicted octanol–water partition coefficient (Wildman–Crippen LogP) is -0.457. The lowest BCUT2D eigenvalue weighted by Crippen LogP contribution is -1.88. The van der Waals surface area contributed by atoms with Crippen LogP contribution in [-0.4, -0.2) is 11.1 Å². The van der Waals surface area contributed by atoms with Crippen molar-refractivity contribution in [1.82, 2.24) is 0 Å². The maximum absolute atomic E-state index is 9.43. The molecule has 34 valence electrons. The summed E-state index contributed by atoms with van der Waals surface area (Å²) >= 11 is 0. The minimum absolute atomic E-state index is 0.861. The van der Waals surface area contributed by atoms with Gasteiger partial charge in [-0.2, -0.15) is 0 Å². The summed E-state index contributed by atoms with van der Waals surface area (Å²) in [5, 5.41) is 7.75. The standard InChI is InChI=1S/C3H5NO2/c4-2-1-3(5)6/h1-2H,4H2,(H,5,6). The molecule has 0 aliphatic carbocycles. The lowest BCUT2D eigenvalue weighted by molar-refractivity contribution is -0.131. The summed E-state index contributed by atoms with van der Waals surface area (Å²) in [6.07, 6.45) is 1.84. The Balaban J connectivity index is 3.30. The van der Waals surface area contributed by atoms with E-state index in [1.54, 1.807) is 0 Å². The number of carboxylic acid groups (broad SMARTS) is 1. The van der Waals surface area contributed by atoms with E-state index < -0.39 is 5.97 Å². The molecule has 0 rings (SSSR count). The maximum atomic E-state index is 9.43. The third-order valence-electron chi connectivity index (χ3n) is 0.239. The first-order valence-corrected chi connectivity index (χ1v) is 1.38. The van der Waals surface area contributed by atoms with Gasteiger partial charge in [0.15, 0.2) is 0 Å². The third kappa shape index (κ3) is 3.01. The van der Waals surface area contributed by atoms with E-state index >= 15 is 0 Å². The van der Waals surface area contributed by atoms with E-state index in [4.69, 9.17) is 5.11 Å². The van der Waals surface area contributed by atoms with Gasteiger partial charge in [0.2, 0.25) is 0 Å². The summed E-state index contributed by atoms with van der Waals surface area (Å²) in [7, 11) is 0. The average Bonchev–Trinajstić information content (AvgIpc) is 1.35. The molecule has 3 nitrogen and oxygen atoms in total. The van der Waals surface area contributed by atoms with Crippen LogP contribution in [0.4, 0.5) is 0 Å². The molecule has 0 unspecified atom stereocenters. The highest BCUT2D eigenvalue weighted by atomic mass is 16.4. The third-order valence-corrected chi connectivity index (χ3v) is 0.239. The Kier molecular flexibility index (Phi) is 1.89. The van der Waals surface area contributed by atoms with Gasteiger partial charge in [-0.25, -0.2) is 4.79 Å². The van der Waals surface area contributed by atoms with Gasteiger partial charge in [0.05, 0.1) is 0 Å². The number of rotatable bonds is 1. The van der Waals surface area contributed by atoms with Crippen molar-refractivity contribution in [3.8, 4) is 0 Å². The Morgan fingerprint density at radius 3 is 2.33 bits per heavy atom. The van der Waals surface area contributed by atoms with Crippen LogP contribution in [0.25, 0.3) is 0 Å². The molecule has 0 saturated heterocycles. The van der Waals surface area contributed by atoms with Crippen LogP contribution in [0.1, 0.15) is 0 Å². The molecule has 0 heterocycles. The molecular formula is C3H5NO2. The first-order valence-electron chi connectivity index (χ1n) is 1.38. The van der Waals surface area contributed by atoms with Gasteiger partial charge in [-0.3, -0.25) is 0 Å². The molecule has 0 amide bonds. The SMILES string of the molecule is NC=CC(=O)O. The van der Waals surface area contributed by atoms with Crippen molar-refractivity contribution in [3.05, 3.63) is 12.3 Å². The van der Waals surface area contributed by atoms with Crippen LogP contribution in [0, 0.1) is 0 Å². The smallest absolute Gasteiger partial charge is 0.329 e. The van der Waals surface area contributed by atoms with Crippen LogP contribution in [-0.2, 0) is 4.79 Å². The number of carboxylic acids is 1. The molecule has 0 bridgehead atoms.